The highest BCUT2D eigenvalue weighted by molar-refractivity contribution is 6.07. The van der Waals surface area contributed by atoms with Crippen molar-refractivity contribution in [3.05, 3.63) is 53.7 Å². The Bertz CT molecular complexity index is 1300. The summed E-state index contributed by atoms with van der Waals surface area (Å²) in [6.45, 7) is 8.77. The maximum absolute atomic E-state index is 14.6. The van der Waals surface area contributed by atoms with E-state index in [0.717, 1.165) is 56.6 Å². The standard InChI is InChI=1S/C30H38FN5O3/c1-4-7-20-16-33-30(37)25-26(20)35-27(28(25)34-23-9-6-8-22(31)29(23)38-3)21-10-13-32-17-24(21)39-18-19-11-14-36(5-2)15-12-19/h6,8-10,13,17,19-20,34-35H,4-5,7,11-12,14-16,18H2,1-3H3,(H,33,37). The second-order valence-electron chi connectivity index (χ2n) is 10.4. The average molecular weight is 536 g/mol. The van der Waals surface area contributed by atoms with Crippen molar-refractivity contribution in [3.8, 4) is 22.8 Å². The first kappa shape index (κ1) is 27.0. The number of H-pyrrole nitrogens is 1. The van der Waals surface area contributed by atoms with Crippen LogP contribution in [0.5, 0.6) is 11.5 Å². The topological polar surface area (TPSA) is 91.5 Å². The van der Waals surface area contributed by atoms with E-state index in [1.807, 2.05) is 6.07 Å². The number of nitrogens with one attached hydrogen (secondary N) is 3. The van der Waals surface area contributed by atoms with Gasteiger partial charge in [0.1, 0.15) is 5.75 Å². The summed E-state index contributed by atoms with van der Waals surface area (Å²) < 4.78 is 26.3. The van der Waals surface area contributed by atoms with E-state index in [9.17, 15) is 9.18 Å². The normalized spacial score (nSPS) is 17.9. The van der Waals surface area contributed by atoms with Crippen LogP contribution in [-0.2, 0) is 0 Å². The third kappa shape index (κ3) is 5.59. The molecule has 1 fully saturated rings. The highest BCUT2D eigenvalue weighted by Crippen LogP contribution is 2.44. The molecule has 3 aromatic rings. The highest BCUT2D eigenvalue weighted by Gasteiger charge is 2.33. The van der Waals surface area contributed by atoms with Gasteiger partial charge in [0.2, 0.25) is 0 Å². The molecule has 1 saturated heterocycles. The molecule has 9 heteroatoms. The van der Waals surface area contributed by atoms with E-state index in [0.29, 0.717) is 47.5 Å². The highest BCUT2D eigenvalue weighted by atomic mass is 19.1. The van der Waals surface area contributed by atoms with E-state index in [1.54, 1.807) is 24.5 Å². The molecule has 0 saturated carbocycles. The van der Waals surface area contributed by atoms with Crippen LogP contribution < -0.4 is 20.1 Å². The lowest BCUT2D eigenvalue weighted by molar-refractivity contribution is 0.0940. The van der Waals surface area contributed by atoms with Gasteiger partial charge in [-0.1, -0.05) is 26.3 Å². The summed E-state index contributed by atoms with van der Waals surface area (Å²) in [5.41, 5.74) is 3.93. The molecule has 1 atom stereocenters. The van der Waals surface area contributed by atoms with Gasteiger partial charge >= 0.3 is 0 Å². The van der Waals surface area contributed by atoms with Gasteiger partial charge < -0.3 is 30.0 Å². The zero-order valence-corrected chi connectivity index (χ0v) is 23.0. The number of anilines is 2. The molecule has 0 aliphatic carbocycles. The summed E-state index contributed by atoms with van der Waals surface area (Å²) in [6.07, 6.45) is 7.56. The van der Waals surface area contributed by atoms with Crippen LogP contribution in [0.15, 0.2) is 36.7 Å². The SMILES string of the molecule is CCCC1CNC(=O)c2c1[nH]c(-c1ccncc1OCC1CCN(CC)CC1)c2Nc1cccc(F)c1OC. The van der Waals surface area contributed by atoms with E-state index in [4.69, 9.17) is 9.47 Å². The monoisotopic (exact) mass is 535 g/mol. The number of amides is 1. The minimum atomic E-state index is -0.483. The first-order valence-electron chi connectivity index (χ1n) is 14.0. The predicted molar refractivity (Wildman–Crippen MR) is 151 cm³/mol. The second kappa shape index (κ2) is 12.1. The van der Waals surface area contributed by atoms with Crippen LogP contribution in [0.1, 0.15) is 61.5 Å². The van der Waals surface area contributed by atoms with Crippen LogP contribution in [0, 0.1) is 11.7 Å². The molecular formula is C30H38FN5O3. The summed E-state index contributed by atoms with van der Waals surface area (Å²) in [4.78, 5) is 23.6. The number of pyridine rings is 1. The van der Waals surface area contributed by atoms with Gasteiger partial charge in [0, 0.05) is 29.9 Å². The van der Waals surface area contributed by atoms with E-state index < -0.39 is 5.82 Å². The van der Waals surface area contributed by atoms with Crippen molar-refractivity contribution in [2.45, 2.75) is 45.4 Å². The van der Waals surface area contributed by atoms with E-state index in [1.165, 1.54) is 13.2 Å². The molecule has 39 heavy (non-hydrogen) atoms. The number of likely N-dealkylation sites (tertiary alicyclic amines) is 1. The lowest BCUT2D eigenvalue weighted by atomic mass is 9.92. The molecule has 1 unspecified atom stereocenters. The summed E-state index contributed by atoms with van der Waals surface area (Å²) in [7, 11) is 1.43. The fraction of sp³-hybridized carbons (Fsp3) is 0.467. The molecule has 2 aliphatic heterocycles. The fourth-order valence-corrected chi connectivity index (χ4v) is 5.72. The Balaban J connectivity index is 1.54. The number of carbonyl (C=O) groups excluding carboxylic acids is 1. The van der Waals surface area contributed by atoms with Gasteiger partial charge in [-0.2, -0.15) is 0 Å². The Morgan fingerprint density at radius 2 is 2.03 bits per heavy atom. The van der Waals surface area contributed by atoms with Crippen LogP contribution in [-0.4, -0.2) is 60.7 Å². The van der Waals surface area contributed by atoms with E-state index in [2.05, 4.69) is 39.3 Å². The van der Waals surface area contributed by atoms with Gasteiger partial charge in [0.05, 0.1) is 42.5 Å². The number of hydrogen-bond donors (Lipinski definition) is 3. The van der Waals surface area contributed by atoms with Crippen molar-refractivity contribution < 1.29 is 18.7 Å². The quantitative estimate of drug-likeness (QED) is 0.308. The van der Waals surface area contributed by atoms with Gasteiger partial charge in [-0.3, -0.25) is 9.78 Å². The van der Waals surface area contributed by atoms with Gasteiger partial charge in [0.15, 0.2) is 11.6 Å². The van der Waals surface area contributed by atoms with Gasteiger partial charge in [-0.25, -0.2) is 4.39 Å². The summed E-state index contributed by atoms with van der Waals surface area (Å²) in [5.74, 6) is 0.703. The molecule has 0 radical (unpaired) electrons. The molecule has 3 N–H and O–H groups in total. The third-order valence-corrected chi connectivity index (χ3v) is 7.92. The number of rotatable bonds is 10. The molecule has 8 nitrogen and oxygen atoms in total. The number of aromatic amines is 1. The van der Waals surface area contributed by atoms with E-state index >= 15 is 0 Å². The minimum Gasteiger partial charge on any atom is -0.492 e. The zero-order chi connectivity index (χ0) is 27.4. The maximum Gasteiger partial charge on any atom is 0.255 e. The molecule has 1 amide bonds. The molecule has 2 aliphatic rings. The van der Waals surface area contributed by atoms with Gasteiger partial charge in [-0.15, -0.1) is 0 Å². The molecule has 0 spiro atoms. The first-order valence-corrected chi connectivity index (χ1v) is 14.0. The van der Waals surface area contributed by atoms with Crippen molar-refractivity contribution >= 4 is 17.3 Å². The number of nitrogens with zero attached hydrogens (tertiary/aromatic N) is 2. The van der Waals surface area contributed by atoms with Crippen molar-refractivity contribution in [2.24, 2.45) is 5.92 Å². The number of methoxy groups -OCH3 is 1. The van der Waals surface area contributed by atoms with Crippen LogP contribution in [0.3, 0.4) is 0 Å². The average Bonchev–Trinajstić information content (AvgIpc) is 3.34. The Hall–Kier alpha value is -3.59. The number of benzene rings is 1. The Morgan fingerprint density at radius 1 is 1.21 bits per heavy atom. The number of piperidine rings is 1. The number of halogens is 1. The van der Waals surface area contributed by atoms with Crippen molar-refractivity contribution in [1.82, 2.24) is 20.2 Å². The summed E-state index contributed by atoms with van der Waals surface area (Å²) in [5, 5.41) is 6.38. The number of hydrogen-bond acceptors (Lipinski definition) is 6. The Morgan fingerprint density at radius 3 is 2.77 bits per heavy atom. The van der Waals surface area contributed by atoms with E-state index in [-0.39, 0.29) is 17.6 Å². The Kier molecular flexibility index (Phi) is 8.35. The molecule has 2 aromatic heterocycles. The zero-order valence-electron chi connectivity index (χ0n) is 23.0. The minimum absolute atomic E-state index is 0.0874. The Labute approximate surface area is 229 Å². The second-order valence-corrected chi connectivity index (χ2v) is 10.4. The lowest BCUT2D eigenvalue weighted by Gasteiger charge is -2.30. The van der Waals surface area contributed by atoms with Crippen molar-refractivity contribution in [2.75, 3.05) is 45.2 Å². The smallest absolute Gasteiger partial charge is 0.255 e. The molecule has 4 heterocycles. The van der Waals surface area contributed by atoms with Crippen LogP contribution in [0.2, 0.25) is 0 Å². The fourth-order valence-electron chi connectivity index (χ4n) is 5.72. The first-order chi connectivity index (χ1) is 19.0. The largest absolute Gasteiger partial charge is 0.492 e. The van der Waals surface area contributed by atoms with Gasteiger partial charge in [-0.05, 0) is 63.0 Å². The molecule has 0 bridgehead atoms. The maximum atomic E-state index is 14.6. The number of fused-ring (bicyclic) bond motifs is 1. The number of carbonyl (C=O) groups is 1. The number of aromatic nitrogens is 2. The predicted octanol–water partition coefficient (Wildman–Crippen LogP) is 5.71. The van der Waals surface area contributed by atoms with Crippen LogP contribution >= 0.6 is 0 Å². The van der Waals surface area contributed by atoms with Crippen LogP contribution in [0.25, 0.3) is 11.3 Å². The molecule has 208 valence electrons. The molecule has 1 aromatic carbocycles. The summed E-state index contributed by atoms with van der Waals surface area (Å²) in [6, 6.07) is 6.60. The van der Waals surface area contributed by atoms with Gasteiger partial charge in [0.25, 0.3) is 5.91 Å². The number of ether oxygens (including phenoxy) is 2. The third-order valence-electron chi connectivity index (χ3n) is 7.92. The number of para-hydroxylation sites is 1. The summed E-state index contributed by atoms with van der Waals surface area (Å²) >= 11 is 0. The lowest BCUT2D eigenvalue weighted by Crippen LogP contribution is -2.35. The van der Waals surface area contributed by atoms with Crippen LogP contribution in [0.4, 0.5) is 15.8 Å². The van der Waals surface area contributed by atoms with Crippen molar-refractivity contribution in [3.63, 3.8) is 0 Å². The van der Waals surface area contributed by atoms with Crippen molar-refractivity contribution in [1.29, 1.82) is 0 Å². The molecule has 5 rings (SSSR count). The molecular weight excluding hydrogens is 497 g/mol.